The summed E-state index contributed by atoms with van der Waals surface area (Å²) in [6.45, 7) is 0. The molecule has 0 radical (unpaired) electrons. The lowest BCUT2D eigenvalue weighted by Gasteiger charge is -2.14. The lowest BCUT2D eigenvalue weighted by Crippen LogP contribution is -2.03. The van der Waals surface area contributed by atoms with Gasteiger partial charge in [-0.05, 0) is 77.2 Å². The standard InChI is InChI=1S/C30H24ClN7O12S3/c1-49-22-11-15(16-4-10-21(35-38-31)23(12-16)50-2)3-9-20(22)34-36-28-24(52(43,44)45)13-17-14-25(53(46,47)48)29(30(39)26(17)27(28)32)37-33-18-5-7-19(8-6-18)51(40,41)42/h3-14,39H,32H2,1-2H3,(H,40,41,42)(H,43,44,45)(H,46,47,48). The molecule has 0 aliphatic rings. The Labute approximate surface area is 305 Å². The Balaban J connectivity index is 1.65. The summed E-state index contributed by atoms with van der Waals surface area (Å²) in [4.78, 5) is -2.47. The van der Waals surface area contributed by atoms with Gasteiger partial charge in [-0.25, -0.2) is 0 Å². The Kier molecular flexibility index (Phi) is 10.8. The monoisotopic (exact) mass is 805 g/mol. The maximum absolute atomic E-state index is 12.5. The van der Waals surface area contributed by atoms with Crippen LogP contribution in [0.4, 0.5) is 34.1 Å². The molecule has 19 nitrogen and oxygen atoms in total. The molecule has 6 N–H and O–H groups in total. The van der Waals surface area contributed by atoms with Gasteiger partial charge < -0.3 is 20.3 Å². The van der Waals surface area contributed by atoms with Crippen LogP contribution in [0.15, 0.2) is 118 Å². The second kappa shape index (κ2) is 14.8. The number of anilines is 1. The molecule has 5 aromatic rings. The van der Waals surface area contributed by atoms with E-state index in [0.29, 0.717) is 28.6 Å². The number of phenolic OH excluding ortho intramolecular Hbond substituents is 1. The minimum Gasteiger partial charge on any atom is -0.505 e. The van der Waals surface area contributed by atoms with Gasteiger partial charge >= 0.3 is 0 Å². The molecule has 0 saturated heterocycles. The minimum absolute atomic E-state index is 0.0528. The van der Waals surface area contributed by atoms with Crippen molar-refractivity contribution in [3.8, 4) is 28.4 Å². The van der Waals surface area contributed by atoms with Crippen molar-refractivity contribution in [1.82, 2.24) is 0 Å². The van der Waals surface area contributed by atoms with Crippen LogP contribution in [0.2, 0.25) is 0 Å². The van der Waals surface area contributed by atoms with Gasteiger partial charge in [0.05, 0.1) is 47.7 Å². The number of phenols is 1. The van der Waals surface area contributed by atoms with Crippen LogP contribution in [0.3, 0.4) is 0 Å². The summed E-state index contributed by atoms with van der Waals surface area (Å²) in [5, 5.41) is 29.7. The third-order valence-electron chi connectivity index (χ3n) is 7.37. The van der Waals surface area contributed by atoms with Crippen molar-refractivity contribution in [1.29, 1.82) is 0 Å². The smallest absolute Gasteiger partial charge is 0.296 e. The number of aromatic hydroxyl groups is 1. The van der Waals surface area contributed by atoms with Crippen LogP contribution in [-0.2, 0) is 30.4 Å². The van der Waals surface area contributed by atoms with Crippen molar-refractivity contribution in [2.45, 2.75) is 14.7 Å². The molecular weight excluding hydrogens is 782 g/mol. The van der Waals surface area contributed by atoms with E-state index in [9.17, 15) is 44.0 Å². The molecule has 0 aliphatic carbocycles. The highest BCUT2D eigenvalue weighted by Gasteiger charge is 2.28. The fraction of sp³-hybridized carbons (Fsp3) is 0.0667. The second-order valence-corrected chi connectivity index (χ2v) is 14.9. The summed E-state index contributed by atoms with van der Waals surface area (Å²) in [6.07, 6.45) is 0. The number of fused-ring (bicyclic) bond motifs is 1. The van der Waals surface area contributed by atoms with E-state index in [4.69, 9.17) is 27.0 Å². The van der Waals surface area contributed by atoms with Gasteiger partial charge in [0.25, 0.3) is 30.4 Å². The molecule has 0 saturated carbocycles. The first-order valence-electron chi connectivity index (χ1n) is 14.2. The molecule has 0 unspecified atom stereocenters. The average Bonchev–Trinajstić information content (AvgIpc) is 3.09. The third-order valence-corrected chi connectivity index (χ3v) is 10.0. The molecule has 276 valence electrons. The predicted molar refractivity (Wildman–Crippen MR) is 190 cm³/mol. The number of benzene rings is 5. The normalized spacial score (nSPS) is 12.7. The highest BCUT2D eigenvalue weighted by molar-refractivity contribution is 7.86. The maximum atomic E-state index is 12.5. The van der Waals surface area contributed by atoms with Crippen LogP contribution < -0.4 is 15.2 Å². The number of nitrogens with zero attached hydrogens (tertiary/aromatic N) is 6. The van der Waals surface area contributed by atoms with Crippen LogP contribution in [0.1, 0.15) is 0 Å². The van der Waals surface area contributed by atoms with Gasteiger partial charge in [-0.2, -0.15) is 30.4 Å². The summed E-state index contributed by atoms with van der Waals surface area (Å²) >= 11 is 5.35. The zero-order chi connectivity index (χ0) is 38.9. The van der Waals surface area contributed by atoms with Crippen molar-refractivity contribution >= 4 is 87.0 Å². The van der Waals surface area contributed by atoms with Crippen LogP contribution in [0, 0.1) is 0 Å². The predicted octanol–water partition coefficient (Wildman–Crippen LogP) is 7.62. The van der Waals surface area contributed by atoms with Crippen LogP contribution in [-0.4, -0.2) is 58.2 Å². The fourth-order valence-corrected chi connectivity index (χ4v) is 6.81. The van der Waals surface area contributed by atoms with Gasteiger partial charge in [0.1, 0.15) is 44.0 Å². The zero-order valence-electron chi connectivity index (χ0n) is 26.8. The largest absolute Gasteiger partial charge is 0.505 e. The quantitative estimate of drug-likeness (QED) is 0.0488. The van der Waals surface area contributed by atoms with E-state index >= 15 is 0 Å². The molecule has 0 aliphatic heterocycles. The number of ether oxygens (including phenoxy) is 2. The SMILES string of the molecule is COc1cc(-c2ccc(N=Nc3c(S(=O)(=O)O)cc4cc(S(=O)(=O)O)c(N=Nc5ccc(S(=O)(=O)O)cc5)c(O)c4c3N)c(OC)c2)ccc1N=NCl. The molecular formula is C30H24ClN7O12S3. The Morgan fingerprint density at radius 3 is 1.58 bits per heavy atom. The summed E-state index contributed by atoms with van der Waals surface area (Å²) in [5.41, 5.74) is 5.74. The molecule has 0 bridgehead atoms. The van der Waals surface area contributed by atoms with Gasteiger partial charge in [-0.15, -0.1) is 20.5 Å². The van der Waals surface area contributed by atoms with Crippen LogP contribution >= 0.6 is 11.8 Å². The number of hydrogen-bond acceptors (Lipinski definition) is 16. The fourth-order valence-electron chi connectivity index (χ4n) is 4.92. The van der Waals surface area contributed by atoms with Crippen molar-refractivity contribution in [2.75, 3.05) is 20.0 Å². The highest BCUT2D eigenvalue weighted by atomic mass is 35.5. The molecule has 0 atom stereocenters. The minimum atomic E-state index is -5.19. The number of rotatable bonds is 11. The Morgan fingerprint density at radius 2 is 1.11 bits per heavy atom. The lowest BCUT2D eigenvalue weighted by atomic mass is 10.0. The zero-order valence-corrected chi connectivity index (χ0v) is 30.1. The maximum Gasteiger partial charge on any atom is 0.296 e. The van der Waals surface area contributed by atoms with E-state index in [1.807, 2.05) is 0 Å². The number of hydrogen-bond donors (Lipinski definition) is 5. The molecule has 0 aromatic heterocycles. The van der Waals surface area contributed by atoms with Crippen molar-refractivity contribution in [3.05, 3.63) is 72.8 Å². The van der Waals surface area contributed by atoms with Gasteiger partial charge in [0.15, 0.2) is 5.75 Å². The summed E-state index contributed by atoms with van der Waals surface area (Å²) in [7, 11) is -12.1. The van der Waals surface area contributed by atoms with E-state index in [1.165, 1.54) is 20.3 Å². The van der Waals surface area contributed by atoms with Gasteiger partial charge in [0.2, 0.25) is 0 Å². The van der Waals surface area contributed by atoms with Crippen LogP contribution in [0.5, 0.6) is 17.2 Å². The first-order chi connectivity index (χ1) is 24.9. The average molecular weight is 806 g/mol. The summed E-state index contributed by atoms with van der Waals surface area (Å²) < 4.78 is 116. The van der Waals surface area contributed by atoms with Crippen molar-refractivity contribution in [3.63, 3.8) is 0 Å². The Hall–Kier alpha value is -5.62. The van der Waals surface area contributed by atoms with Crippen molar-refractivity contribution < 1.29 is 53.5 Å². The molecule has 5 rings (SSSR count). The van der Waals surface area contributed by atoms with Gasteiger partial charge in [0, 0.05) is 0 Å². The lowest BCUT2D eigenvalue weighted by molar-refractivity contribution is 0.415. The molecule has 53 heavy (non-hydrogen) atoms. The molecule has 0 amide bonds. The third kappa shape index (κ3) is 8.23. The van der Waals surface area contributed by atoms with E-state index in [1.54, 1.807) is 30.3 Å². The van der Waals surface area contributed by atoms with E-state index in [2.05, 4.69) is 30.2 Å². The number of nitrogen functional groups attached to an aromatic ring is 1. The summed E-state index contributed by atoms with van der Waals surface area (Å²) in [5.74, 6) is -0.499. The first kappa shape index (κ1) is 38.6. The molecule has 5 aromatic carbocycles. The Morgan fingerprint density at radius 1 is 0.623 bits per heavy atom. The van der Waals surface area contributed by atoms with Gasteiger partial charge in [-0.3, -0.25) is 13.7 Å². The molecule has 0 fully saturated rings. The molecule has 0 spiro atoms. The van der Waals surface area contributed by atoms with E-state index in [0.717, 1.165) is 30.3 Å². The molecule has 0 heterocycles. The van der Waals surface area contributed by atoms with Crippen molar-refractivity contribution in [2.24, 2.45) is 30.2 Å². The molecule has 23 heteroatoms. The van der Waals surface area contributed by atoms with Gasteiger partial charge in [-0.1, -0.05) is 16.8 Å². The van der Waals surface area contributed by atoms with Crippen LogP contribution in [0.25, 0.3) is 21.9 Å². The summed E-state index contributed by atoms with van der Waals surface area (Å²) in [6, 6.07) is 15.2. The number of halogens is 1. The van der Waals surface area contributed by atoms with E-state index in [-0.39, 0.29) is 17.1 Å². The Bertz CT molecular complexity index is 2710. The van der Waals surface area contributed by atoms with E-state index < -0.39 is 78.6 Å². The number of methoxy groups -OCH3 is 2. The number of azo groups is 2. The topological polar surface area (TPSA) is 302 Å². The number of nitrogens with two attached hydrogens (primary N) is 1. The first-order valence-corrected chi connectivity index (χ1v) is 18.9. The highest BCUT2D eigenvalue weighted by Crippen LogP contribution is 2.48. The second-order valence-electron chi connectivity index (χ2n) is 10.6.